The number of benzene rings is 1. The van der Waals surface area contributed by atoms with Crippen LogP contribution in [0, 0.1) is 6.92 Å². The zero-order chi connectivity index (χ0) is 13.8. The number of hydrogen-bond acceptors (Lipinski definition) is 2. The molecule has 0 aliphatic rings. The zero-order valence-corrected chi connectivity index (χ0v) is 11.0. The summed E-state index contributed by atoms with van der Waals surface area (Å²) in [7, 11) is 0. The molecule has 98 valence electrons. The maximum Gasteiger partial charge on any atom is 0.251 e. The average molecular weight is 256 g/mol. The lowest BCUT2D eigenvalue weighted by atomic mass is 10.2. The van der Waals surface area contributed by atoms with Gasteiger partial charge in [0.25, 0.3) is 5.56 Å². The number of carbonyl (C=O) groups excluding carboxylic acids is 1. The number of amides is 1. The highest BCUT2D eigenvalue weighted by molar-refractivity contribution is 5.93. The van der Waals surface area contributed by atoms with Crippen LogP contribution in [-0.2, 0) is 4.79 Å². The maximum atomic E-state index is 12.1. The average Bonchev–Trinajstić information content (AvgIpc) is 2.41. The molecule has 19 heavy (non-hydrogen) atoms. The van der Waals surface area contributed by atoms with Crippen LogP contribution in [0.1, 0.15) is 18.5 Å². The number of nitrogens with zero attached hydrogens (tertiary/aromatic N) is 1. The van der Waals surface area contributed by atoms with Crippen LogP contribution in [0.15, 0.2) is 53.5 Å². The standard InChI is InChI=1S/C15H16N2O2/c1-11-6-8-13(9-7-11)16-15(19)12(2)17-10-4-3-5-14(17)18/h3-10,12H,1-2H3,(H,16,19). The largest absolute Gasteiger partial charge is 0.324 e. The normalized spacial score (nSPS) is 11.9. The molecule has 0 aliphatic heterocycles. The van der Waals surface area contributed by atoms with Crippen molar-refractivity contribution in [3.05, 3.63) is 64.6 Å². The topological polar surface area (TPSA) is 51.1 Å². The zero-order valence-electron chi connectivity index (χ0n) is 11.0. The number of aryl methyl sites for hydroxylation is 1. The minimum atomic E-state index is -0.546. The first kappa shape index (κ1) is 13.1. The van der Waals surface area contributed by atoms with Crippen LogP contribution in [0.3, 0.4) is 0 Å². The van der Waals surface area contributed by atoms with Gasteiger partial charge in [0.1, 0.15) is 6.04 Å². The van der Waals surface area contributed by atoms with E-state index in [0.717, 1.165) is 11.3 Å². The van der Waals surface area contributed by atoms with Gasteiger partial charge in [-0.25, -0.2) is 0 Å². The van der Waals surface area contributed by atoms with E-state index in [1.54, 1.807) is 25.3 Å². The summed E-state index contributed by atoms with van der Waals surface area (Å²) in [5.41, 5.74) is 1.67. The number of hydrogen-bond donors (Lipinski definition) is 1. The van der Waals surface area contributed by atoms with Gasteiger partial charge in [0.05, 0.1) is 0 Å². The predicted molar refractivity (Wildman–Crippen MR) is 75.2 cm³/mol. The van der Waals surface area contributed by atoms with E-state index in [1.165, 1.54) is 10.6 Å². The minimum Gasteiger partial charge on any atom is -0.324 e. The van der Waals surface area contributed by atoms with Gasteiger partial charge in [-0.2, -0.15) is 0 Å². The number of nitrogens with one attached hydrogen (secondary N) is 1. The fraction of sp³-hybridized carbons (Fsp3) is 0.200. The summed E-state index contributed by atoms with van der Waals surface area (Å²) in [4.78, 5) is 23.7. The molecular formula is C15H16N2O2. The fourth-order valence-electron chi connectivity index (χ4n) is 1.77. The molecule has 1 aromatic heterocycles. The maximum absolute atomic E-state index is 12.1. The van der Waals surface area contributed by atoms with E-state index in [2.05, 4.69) is 5.32 Å². The van der Waals surface area contributed by atoms with Crippen LogP contribution in [-0.4, -0.2) is 10.5 Å². The molecule has 4 nitrogen and oxygen atoms in total. The number of rotatable bonds is 3. The SMILES string of the molecule is Cc1ccc(NC(=O)C(C)n2ccccc2=O)cc1. The van der Waals surface area contributed by atoms with Crippen molar-refractivity contribution in [3.8, 4) is 0 Å². The van der Waals surface area contributed by atoms with Crippen molar-refractivity contribution < 1.29 is 4.79 Å². The van der Waals surface area contributed by atoms with E-state index in [4.69, 9.17) is 0 Å². The molecule has 0 fully saturated rings. The van der Waals surface area contributed by atoms with Crippen LogP contribution >= 0.6 is 0 Å². The quantitative estimate of drug-likeness (QED) is 0.916. The third-order valence-corrected chi connectivity index (χ3v) is 2.97. The molecule has 1 aromatic carbocycles. The summed E-state index contributed by atoms with van der Waals surface area (Å²) < 4.78 is 1.41. The molecule has 0 radical (unpaired) electrons. The summed E-state index contributed by atoms with van der Waals surface area (Å²) in [6.45, 7) is 3.68. The van der Waals surface area contributed by atoms with Crippen LogP contribution in [0.25, 0.3) is 0 Å². The Balaban J connectivity index is 2.14. The van der Waals surface area contributed by atoms with Crippen LogP contribution < -0.4 is 10.9 Å². The van der Waals surface area contributed by atoms with E-state index in [-0.39, 0.29) is 11.5 Å². The van der Waals surface area contributed by atoms with Gasteiger partial charge in [0, 0.05) is 18.0 Å². The monoisotopic (exact) mass is 256 g/mol. The Morgan fingerprint density at radius 3 is 2.47 bits per heavy atom. The summed E-state index contributed by atoms with van der Waals surface area (Å²) in [6.07, 6.45) is 1.61. The Morgan fingerprint density at radius 2 is 1.84 bits per heavy atom. The molecule has 2 rings (SSSR count). The molecule has 1 atom stereocenters. The van der Waals surface area contributed by atoms with E-state index in [1.807, 2.05) is 31.2 Å². The van der Waals surface area contributed by atoms with Gasteiger partial charge in [-0.3, -0.25) is 9.59 Å². The summed E-state index contributed by atoms with van der Waals surface area (Å²) in [5, 5.41) is 2.80. The molecule has 0 saturated carbocycles. The molecule has 0 saturated heterocycles. The Bertz CT molecular complexity index is 629. The summed E-state index contributed by atoms with van der Waals surface area (Å²) >= 11 is 0. The Hall–Kier alpha value is -2.36. The van der Waals surface area contributed by atoms with Crippen molar-refractivity contribution in [1.29, 1.82) is 0 Å². The van der Waals surface area contributed by atoms with Gasteiger partial charge in [0.15, 0.2) is 0 Å². The highest BCUT2D eigenvalue weighted by Crippen LogP contribution is 2.11. The van der Waals surface area contributed by atoms with Gasteiger partial charge in [-0.1, -0.05) is 23.8 Å². The fourth-order valence-corrected chi connectivity index (χ4v) is 1.77. The molecule has 1 amide bonds. The van der Waals surface area contributed by atoms with Gasteiger partial charge >= 0.3 is 0 Å². The van der Waals surface area contributed by atoms with E-state index in [0.29, 0.717) is 0 Å². The van der Waals surface area contributed by atoms with Crippen molar-refractivity contribution >= 4 is 11.6 Å². The first-order valence-electron chi connectivity index (χ1n) is 6.12. The molecule has 2 aromatic rings. The van der Waals surface area contributed by atoms with E-state index >= 15 is 0 Å². The van der Waals surface area contributed by atoms with Gasteiger partial charge in [-0.15, -0.1) is 0 Å². The molecule has 0 spiro atoms. The second kappa shape index (κ2) is 5.52. The predicted octanol–water partition coefficient (Wildman–Crippen LogP) is 2.36. The van der Waals surface area contributed by atoms with Gasteiger partial charge < -0.3 is 9.88 Å². The first-order chi connectivity index (χ1) is 9.08. The number of pyridine rings is 1. The molecular weight excluding hydrogens is 240 g/mol. The Labute approximate surface area is 111 Å². The molecule has 1 heterocycles. The lowest BCUT2D eigenvalue weighted by molar-refractivity contribution is -0.118. The number of anilines is 1. The number of aromatic nitrogens is 1. The van der Waals surface area contributed by atoms with Crippen molar-refractivity contribution in [2.75, 3.05) is 5.32 Å². The molecule has 0 aliphatic carbocycles. The van der Waals surface area contributed by atoms with E-state index < -0.39 is 6.04 Å². The molecule has 0 bridgehead atoms. The second-order valence-corrected chi connectivity index (χ2v) is 4.48. The van der Waals surface area contributed by atoms with Crippen LogP contribution in [0.4, 0.5) is 5.69 Å². The van der Waals surface area contributed by atoms with Gasteiger partial charge in [-0.05, 0) is 32.0 Å². The highest BCUT2D eigenvalue weighted by Gasteiger charge is 2.15. The van der Waals surface area contributed by atoms with Crippen LogP contribution in [0.5, 0.6) is 0 Å². The summed E-state index contributed by atoms with van der Waals surface area (Å²) in [5.74, 6) is -0.211. The first-order valence-corrected chi connectivity index (χ1v) is 6.12. The number of carbonyl (C=O) groups is 1. The molecule has 1 unspecified atom stereocenters. The molecule has 4 heteroatoms. The van der Waals surface area contributed by atoms with E-state index in [9.17, 15) is 9.59 Å². The van der Waals surface area contributed by atoms with Gasteiger partial charge in [0.2, 0.25) is 5.91 Å². The van der Waals surface area contributed by atoms with Crippen molar-refractivity contribution in [3.63, 3.8) is 0 Å². The highest BCUT2D eigenvalue weighted by atomic mass is 16.2. The van der Waals surface area contributed by atoms with Crippen molar-refractivity contribution in [2.24, 2.45) is 0 Å². The Kier molecular flexibility index (Phi) is 3.80. The third-order valence-electron chi connectivity index (χ3n) is 2.97. The van der Waals surface area contributed by atoms with Crippen LogP contribution in [0.2, 0.25) is 0 Å². The third kappa shape index (κ3) is 3.10. The second-order valence-electron chi connectivity index (χ2n) is 4.48. The molecule has 1 N–H and O–H groups in total. The van der Waals surface area contributed by atoms with Crippen molar-refractivity contribution in [1.82, 2.24) is 4.57 Å². The smallest absolute Gasteiger partial charge is 0.251 e. The Morgan fingerprint density at radius 1 is 1.16 bits per heavy atom. The lowest BCUT2D eigenvalue weighted by Crippen LogP contribution is -2.30. The summed E-state index contributed by atoms with van der Waals surface area (Å²) in [6, 6.07) is 11.8. The van der Waals surface area contributed by atoms with Crippen molar-refractivity contribution in [2.45, 2.75) is 19.9 Å². The minimum absolute atomic E-state index is 0.186. The lowest BCUT2D eigenvalue weighted by Gasteiger charge is -2.14.